The average molecular weight is 618 g/mol. The lowest BCUT2D eigenvalue weighted by atomic mass is 9.76. The summed E-state index contributed by atoms with van der Waals surface area (Å²) < 4.78 is 17.2. The second-order valence-electron chi connectivity index (χ2n) is 12.2. The van der Waals surface area contributed by atoms with Crippen LogP contribution in [0.25, 0.3) is 16.8 Å². The molecule has 2 fully saturated rings. The van der Waals surface area contributed by atoms with Gasteiger partial charge in [-0.2, -0.15) is 0 Å². The Balaban J connectivity index is 1.36. The van der Waals surface area contributed by atoms with E-state index in [9.17, 15) is 35.1 Å². The van der Waals surface area contributed by atoms with Crippen LogP contribution in [-0.2, 0) is 11.3 Å². The Morgan fingerprint density at radius 3 is 2.64 bits per heavy atom. The van der Waals surface area contributed by atoms with Crippen LogP contribution in [0.15, 0.2) is 42.5 Å². The van der Waals surface area contributed by atoms with Crippen molar-refractivity contribution in [1.29, 1.82) is 0 Å². The molecule has 0 spiro atoms. The van der Waals surface area contributed by atoms with E-state index in [4.69, 9.17) is 14.2 Å². The van der Waals surface area contributed by atoms with Crippen LogP contribution in [0.3, 0.4) is 0 Å². The summed E-state index contributed by atoms with van der Waals surface area (Å²) in [7, 11) is 1.47. The molecule has 3 aromatic rings. The van der Waals surface area contributed by atoms with Gasteiger partial charge in [0.1, 0.15) is 41.7 Å². The van der Waals surface area contributed by atoms with Crippen molar-refractivity contribution in [2.75, 3.05) is 20.3 Å². The third kappa shape index (κ3) is 4.77. The van der Waals surface area contributed by atoms with Crippen LogP contribution in [-0.4, -0.2) is 93.1 Å². The maximum atomic E-state index is 14.3. The summed E-state index contributed by atoms with van der Waals surface area (Å²) in [6.07, 6.45) is -0.885. The molecule has 7 rings (SSSR count). The molecule has 4 aliphatic rings. The molecule has 11 heteroatoms. The van der Waals surface area contributed by atoms with Crippen molar-refractivity contribution in [3.05, 3.63) is 70.3 Å². The van der Waals surface area contributed by atoms with Crippen molar-refractivity contribution in [3.63, 3.8) is 0 Å². The number of nitrogens with zero attached hydrogens (tertiary/aromatic N) is 1. The van der Waals surface area contributed by atoms with Crippen molar-refractivity contribution in [3.8, 4) is 17.2 Å². The number of aliphatic hydroxyl groups excluding tert-OH is 4. The minimum absolute atomic E-state index is 0.00497. The molecule has 7 atom stereocenters. The molecule has 1 saturated carbocycles. The second-order valence-corrected chi connectivity index (χ2v) is 12.2. The number of hydrogen-bond acceptors (Lipinski definition) is 10. The van der Waals surface area contributed by atoms with Crippen molar-refractivity contribution in [1.82, 2.24) is 4.90 Å². The van der Waals surface area contributed by atoms with E-state index in [1.807, 2.05) is 18.2 Å². The fourth-order valence-corrected chi connectivity index (χ4v) is 7.42. The van der Waals surface area contributed by atoms with Gasteiger partial charge in [0.2, 0.25) is 6.29 Å². The van der Waals surface area contributed by atoms with Crippen LogP contribution in [0.2, 0.25) is 0 Å². The number of Topliss-reactive ketones (excluding diaryl/α,β-unsaturated/α-hetero) is 1. The highest BCUT2D eigenvalue weighted by Gasteiger charge is 2.45. The van der Waals surface area contributed by atoms with Gasteiger partial charge in [0, 0.05) is 23.6 Å². The molecule has 0 radical (unpaired) electrons. The minimum Gasteiger partial charge on any atom is -0.506 e. The van der Waals surface area contributed by atoms with E-state index < -0.39 is 43.1 Å². The zero-order chi connectivity index (χ0) is 31.6. The van der Waals surface area contributed by atoms with Crippen molar-refractivity contribution in [2.24, 2.45) is 5.92 Å². The van der Waals surface area contributed by atoms with Gasteiger partial charge in [0.05, 0.1) is 31.2 Å². The van der Waals surface area contributed by atoms with Gasteiger partial charge in [-0.3, -0.25) is 9.59 Å². The number of methoxy groups -OCH3 is 1. The number of benzene rings is 3. The Hall–Kier alpha value is -4.00. The third-order valence-electron chi connectivity index (χ3n) is 9.69. The number of aromatic hydroxyl groups is 1. The van der Waals surface area contributed by atoms with E-state index in [1.165, 1.54) is 18.1 Å². The summed E-state index contributed by atoms with van der Waals surface area (Å²) in [5.41, 5.74) is 2.96. The number of ketones is 1. The summed E-state index contributed by atoms with van der Waals surface area (Å²) in [6, 6.07) is 10.4. The van der Waals surface area contributed by atoms with E-state index in [0.717, 1.165) is 36.0 Å². The monoisotopic (exact) mass is 617 g/mol. The maximum Gasteiger partial charge on any atom is 0.254 e. The largest absolute Gasteiger partial charge is 0.506 e. The first-order chi connectivity index (χ1) is 21.7. The van der Waals surface area contributed by atoms with Gasteiger partial charge < -0.3 is 44.6 Å². The van der Waals surface area contributed by atoms with E-state index in [0.29, 0.717) is 16.7 Å². The van der Waals surface area contributed by atoms with E-state index in [1.54, 1.807) is 18.2 Å². The fraction of sp³-hybridized carbons (Fsp3) is 0.412. The summed E-state index contributed by atoms with van der Waals surface area (Å²) in [4.78, 5) is 28.9. The number of carbonyl (C=O) groups is 2. The molecule has 1 amide bonds. The van der Waals surface area contributed by atoms with E-state index in [2.05, 4.69) is 6.08 Å². The van der Waals surface area contributed by atoms with Gasteiger partial charge in [-0.05, 0) is 53.5 Å². The topological polar surface area (TPSA) is 166 Å². The van der Waals surface area contributed by atoms with Gasteiger partial charge >= 0.3 is 0 Å². The zero-order valence-electron chi connectivity index (χ0n) is 24.6. The van der Waals surface area contributed by atoms with Crippen LogP contribution in [0.5, 0.6) is 17.2 Å². The minimum atomic E-state index is -1.70. The summed E-state index contributed by atoms with van der Waals surface area (Å²) in [6.45, 7) is -0.599. The lowest BCUT2D eigenvalue weighted by molar-refractivity contribution is -0.277. The first-order valence-electron chi connectivity index (χ1n) is 15.2. The van der Waals surface area contributed by atoms with Gasteiger partial charge in [-0.25, -0.2) is 0 Å². The number of ether oxygens (including phenoxy) is 3. The van der Waals surface area contributed by atoms with Gasteiger partial charge in [0.25, 0.3) is 5.91 Å². The molecule has 0 unspecified atom stereocenters. The maximum absolute atomic E-state index is 14.3. The SMILES string of the molecule is COc1cc(O[C@@H]2O[C@H](CO)[C@@H](O)[C@H](O)[C@H]2O)c2c(O)c(C(=O)CN3Cc4ccccc4C3=O)c3c(c2c1)C=C[C@H]1CCC[C@H]31. The first kappa shape index (κ1) is 29.7. The quantitative estimate of drug-likeness (QED) is 0.249. The average Bonchev–Trinajstić information content (AvgIpc) is 3.65. The number of allylic oxidation sites excluding steroid dienone is 1. The molecule has 0 aromatic heterocycles. The fourth-order valence-electron chi connectivity index (χ4n) is 7.42. The molecular formula is C34H35NO10. The molecule has 3 aromatic carbocycles. The lowest BCUT2D eigenvalue weighted by Crippen LogP contribution is -2.60. The van der Waals surface area contributed by atoms with Crippen LogP contribution in [0.1, 0.15) is 62.6 Å². The number of phenolic OH excluding ortho intramolecular Hbond substituents is 1. The molecule has 11 nitrogen and oxygen atoms in total. The zero-order valence-corrected chi connectivity index (χ0v) is 24.6. The smallest absolute Gasteiger partial charge is 0.254 e. The number of aliphatic hydroxyl groups is 4. The molecule has 2 aliphatic heterocycles. The molecule has 2 heterocycles. The van der Waals surface area contributed by atoms with Crippen molar-refractivity contribution < 1.29 is 49.3 Å². The molecule has 45 heavy (non-hydrogen) atoms. The molecule has 2 aliphatic carbocycles. The number of carbonyl (C=O) groups excluding carboxylic acids is 2. The normalized spacial score (nSPS) is 28.6. The second kappa shape index (κ2) is 11.4. The predicted octanol–water partition coefficient (Wildman–Crippen LogP) is 2.48. The lowest BCUT2D eigenvalue weighted by Gasteiger charge is -2.39. The summed E-state index contributed by atoms with van der Waals surface area (Å²) >= 11 is 0. The Bertz CT molecular complexity index is 1720. The molecule has 1 saturated heterocycles. The van der Waals surface area contributed by atoms with E-state index >= 15 is 0 Å². The highest BCUT2D eigenvalue weighted by atomic mass is 16.7. The predicted molar refractivity (Wildman–Crippen MR) is 161 cm³/mol. The van der Waals surface area contributed by atoms with Crippen LogP contribution in [0.4, 0.5) is 0 Å². The van der Waals surface area contributed by atoms with Gasteiger partial charge in [-0.1, -0.05) is 36.8 Å². The number of phenols is 1. The number of hydrogen-bond donors (Lipinski definition) is 5. The van der Waals surface area contributed by atoms with Crippen LogP contribution >= 0.6 is 0 Å². The molecule has 0 bridgehead atoms. The number of rotatable bonds is 7. The Labute approximate surface area is 258 Å². The Morgan fingerprint density at radius 1 is 1.09 bits per heavy atom. The number of amides is 1. The third-order valence-corrected chi connectivity index (χ3v) is 9.69. The number of fused-ring (bicyclic) bond motifs is 6. The first-order valence-corrected chi connectivity index (χ1v) is 15.2. The standard InChI is InChI=1S/C34H35NO10/c1-43-18-11-22-21-10-9-16-6-4-8-19(16)26(21)28(23(37)14-35-13-17-5-2-3-7-20(17)33(35)42)30(39)27(22)24(12-18)44-34-32(41)31(40)29(38)25(15-36)45-34/h2-3,5,7,9-12,16,19,25,29,31-32,34,36,38-41H,4,6,8,13-15H2,1H3/t16-,19+,25-,29-,31+,32-,34-/m1/s1. The van der Waals surface area contributed by atoms with Crippen LogP contribution < -0.4 is 9.47 Å². The Morgan fingerprint density at radius 2 is 1.89 bits per heavy atom. The highest BCUT2D eigenvalue weighted by Crippen LogP contribution is 2.53. The van der Waals surface area contributed by atoms with E-state index in [-0.39, 0.29) is 53.3 Å². The molecule has 236 valence electrons. The van der Waals surface area contributed by atoms with Crippen LogP contribution in [0, 0.1) is 5.92 Å². The Kier molecular flexibility index (Phi) is 7.53. The molecular weight excluding hydrogens is 582 g/mol. The highest BCUT2D eigenvalue weighted by molar-refractivity contribution is 6.13. The molecule has 5 N–H and O–H groups in total. The summed E-state index contributed by atoms with van der Waals surface area (Å²) in [5, 5.41) is 53.8. The van der Waals surface area contributed by atoms with Crippen molar-refractivity contribution in [2.45, 2.75) is 62.4 Å². The summed E-state index contributed by atoms with van der Waals surface area (Å²) in [5.74, 6) is -0.438. The van der Waals surface area contributed by atoms with Gasteiger partial charge in [0.15, 0.2) is 5.78 Å². The van der Waals surface area contributed by atoms with Crippen molar-refractivity contribution >= 4 is 28.5 Å². The van der Waals surface area contributed by atoms with Gasteiger partial charge in [-0.15, -0.1) is 0 Å².